The van der Waals surface area contributed by atoms with Gasteiger partial charge in [0.05, 0.1) is 18.8 Å². The summed E-state index contributed by atoms with van der Waals surface area (Å²) in [6, 6.07) is 9.26. The molecule has 0 heterocycles. The van der Waals surface area contributed by atoms with Gasteiger partial charge in [0.15, 0.2) is 0 Å². The van der Waals surface area contributed by atoms with Crippen LogP contribution in [0.5, 0.6) is 0 Å². The maximum absolute atomic E-state index is 11.8. The molecule has 1 aliphatic rings. The summed E-state index contributed by atoms with van der Waals surface area (Å²) in [6.07, 6.45) is 4.98. The van der Waals surface area contributed by atoms with Crippen molar-refractivity contribution in [2.45, 2.75) is 50.9 Å². The monoisotopic (exact) mass is 342 g/mol. The van der Waals surface area contributed by atoms with Gasteiger partial charge in [-0.05, 0) is 18.4 Å². The minimum atomic E-state index is -3.63. The summed E-state index contributed by atoms with van der Waals surface area (Å²) in [4.78, 5) is 0. The molecule has 1 aromatic carbocycles. The first-order chi connectivity index (χ1) is 11.1. The van der Waals surface area contributed by atoms with E-state index in [0.717, 1.165) is 31.2 Å². The van der Waals surface area contributed by atoms with E-state index in [1.54, 1.807) is 0 Å². The van der Waals surface area contributed by atoms with Crippen molar-refractivity contribution >= 4 is 10.2 Å². The molecule has 1 fully saturated rings. The fraction of sp³-hybridized carbons (Fsp3) is 0.625. The van der Waals surface area contributed by atoms with Crippen molar-refractivity contribution in [3.8, 4) is 0 Å². The molecule has 0 aromatic heterocycles. The van der Waals surface area contributed by atoms with E-state index in [-0.39, 0.29) is 25.8 Å². The maximum atomic E-state index is 11.8. The van der Waals surface area contributed by atoms with Crippen LogP contribution in [-0.2, 0) is 21.5 Å². The third-order valence-corrected chi connectivity index (χ3v) is 4.97. The van der Waals surface area contributed by atoms with E-state index in [0.29, 0.717) is 0 Å². The zero-order valence-electron chi connectivity index (χ0n) is 13.3. The van der Waals surface area contributed by atoms with Gasteiger partial charge in [-0.15, -0.1) is 0 Å². The molecule has 3 N–H and O–H groups in total. The molecule has 7 heteroatoms. The Morgan fingerprint density at radius 3 is 2.52 bits per heavy atom. The number of hydrogen-bond donors (Lipinski definition) is 3. The summed E-state index contributed by atoms with van der Waals surface area (Å²) < 4.78 is 34.1. The molecule has 0 saturated heterocycles. The second-order valence-corrected chi connectivity index (χ2v) is 7.49. The van der Waals surface area contributed by atoms with E-state index in [1.165, 1.54) is 6.42 Å². The van der Waals surface area contributed by atoms with E-state index in [1.807, 2.05) is 30.3 Å². The van der Waals surface area contributed by atoms with Crippen LogP contribution in [0.1, 0.15) is 37.7 Å². The smallest absolute Gasteiger partial charge is 0.277 e. The number of hydrogen-bond acceptors (Lipinski definition) is 4. The summed E-state index contributed by atoms with van der Waals surface area (Å²) in [5.41, 5.74) is 0.874. The van der Waals surface area contributed by atoms with Gasteiger partial charge in [0.25, 0.3) is 10.2 Å². The molecule has 0 aliphatic heterocycles. The number of aliphatic hydroxyl groups is 1. The molecule has 0 spiro atoms. The summed E-state index contributed by atoms with van der Waals surface area (Å²) in [7, 11) is -3.63. The third-order valence-electron chi connectivity index (χ3n) is 3.89. The first-order valence-electron chi connectivity index (χ1n) is 8.13. The van der Waals surface area contributed by atoms with Crippen molar-refractivity contribution in [3.63, 3.8) is 0 Å². The molecule has 1 aliphatic carbocycles. The minimum Gasteiger partial charge on any atom is -0.389 e. The second kappa shape index (κ2) is 9.34. The molecule has 130 valence electrons. The number of ether oxygens (including phenoxy) is 1. The largest absolute Gasteiger partial charge is 0.389 e. The van der Waals surface area contributed by atoms with E-state index in [9.17, 15) is 13.5 Å². The van der Waals surface area contributed by atoms with Gasteiger partial charge in [-0.3, -0.25) is 0 Å². The highest BCUT2D eigenvalue weighted by molar-refractivity contribution is 7.87. The quantitative estimate of drug-likeness (QED) is 0.632. The van der Waals surface area contributed by atoms with E-state index >= 15 is 0 Å². The van der Waals surface area contributed by atoms with Crippen LogP contribution in [0, 0.1) is 0 Å². The van der Waals surface area contributed by atoms with Gasteiger partial charge in [-0.2, -0.15) is 17.9 Å². The van der Waals surface area contributed by atoms with Crippen molar-refractivity contribution in [1.29, 1.82) is 0 Å². The first kappa shape index (κ1) is 18.4. The molecule has 1 aromatic rings. The van der Waals surface area contributed by atoms with Crippen LogP contribution in [-0.4, -0.2) is 38.9 Å². The Morgan fingerprint density at radius 2 is 1.83 bits per heavy atom. The topological polar surface area (TPSA) is 87.7 Å². The van der Waals surface area contributed by atoms with Crippen LogP contribution in [0.2, 0.25) is 0 Å². The highest BCUT2D eigenvalue weighted by atomic mass is 32.2. The highest BCUT2D eigenvalue weighted by Crippen LogP contribution is 2.20. The summed E-state index contributed by atoms with van der Waals surface area (Å²) in [5, 5.41) is 9.85. The fourth-order valence-electron chi connectivity index (χ4n) is 2.57. The van der Waals surface area contributed by atoms with Crippen molar-refractivity contribution < 1.29 is 18.3 Å². The Bertz CT molecular complexity index is 544. The predicted octanol–water partition coefficient (Wildman–Crippen LogP) is 1.32. The molecule has 6 nitrogen and oxygen atoms in total. The zero-order chi connectivity index (χ0) is 16.5. The molecular formula is C16H26N2O4S. The zero-order valence-corrected chi connectivity index (χ0v) is 14.1. The lowest BCUT2D eigenvalue weighted by Gasteiger charge is -2.23. The number of aliphatic hydroxyl groups excluding tert-OH is 1. The van der Waals surface area contributed by atoms with Crippen LogP contribution in [0.15, 0.2) is 30.3 Å². The molecular weight excluding hydrogens is 316 g/mol. The van der Waals surface area contributed by atoms with Gasteiger partial charge in [-0.25, -0.2) is 0 Å². The Labute approximate surface area is 138 Å². The van der Waals surface area contributed by atoms with Crippen LogP contribution >= 0.6 is 0 Å². The SMILES string of the molecule is O=S(=O)(NCc1ccccc1)NC[C@H](O)COC1CCCCC1. The molecule has 0 radical (unpaired) electrons. The lowest BCUT2D eigenvalue weighted by Crippen LogP contribution is -2.41. The van der Waals surface area contributed by atoms with Gasteiger partial charge in [-0.1, -0.05) is 49.6 Å². The third kappa shape index (κ3) is 7.41. The highest BCUT2D eigenvalue weighted by Gasteiger charge is 2.17. The van der Waals surface area contributed by atoms with Gasteiger partial charge in [0, 0.05) is 13.1 Å². The Morgan fingerprint density at radius 1 is 1.13 bits per heavy atom. The molecule has 23 heavy (non-hydrogen) atoms. The summed E-state index contributed by atoms with van der Waals surface area (Å²) >= 11 is 0. The first-order valence-corrected chi connectivity index (χ1v) is 9.61. The second-order valence-electron chi connectivity index (χ2n) is 5.91. The average Bonchev–Trinajstić information content (AvgIpc) is 2.58. The fourth-order valence-corrected chi connectivity index (χ4v) is 3.44. The standard InChI is InChI=1S/C16H26N2O4S/c19-15(13-22-16-9-5-2-6-10-16)12-18-23(20,21)17-11-14-7-3-1-4-8-14/h1,3-4,7-8,15-19H,2,5-6,9-13H2/t15-/m0/s1. The van der Waals surface area contributed by atoms with Crippen LogP contribution in [0.25, 0.3) is 0 Å². The van der Waals surface area contributed by atoms with Gasteiger partial charge in [0.1, 0.15) is 0 Å². The Kier molecular flexibility index (Phi) is 7.45. The molecule has 0 unspecified atom stereocenters. The van der Waals surface area contributed by atoms with Crippen LogP contribution in [0.3, 0.4) is 0 Å². The summed E-state index contributed by atoms with van der Waals surface area (Å²) in [5.74, 6) is 0. The van der Waals surface area contributed by atoms with Gasteiger partial charge < -0.3 is 9.84 Å². The summed E-state index contributed by atoms with van der Waals surface area (Å²) in [6.45, 7) is 0.313. The number of rotatable bonds is 9. The van der Waals surface area contributed by atoms with Crippen molar-refractivity contribution in [2.24, 2.45) is 0 Å². The van der Waals surface area contributed by atoms with Crippen molar-refractivity contribution in [1.82, 2.24) is 9.44 Å². The molecule has 1 saturated carbocycles. The van der Waals surface area contributed by atoms with Gasteiger partial charge in [0.2, 0.25) is 0 Å². The Balaban J connectivity index is 1.64. The predicted molar refractivity (Wildman–Crippen MR) is 89.0 cm³/mol. The molecule has 2 rings (SSSR count). The average molecular weight is 342 g/mol. The number of benzene rings is 1. The van der Waals surface area contributed by atoms with E-state index in [2.05, 4.69) is 9.44 Å². The van der Waals surface area contributed by atoms with Crippen molar-refractivity contribution in [3.05, 3.63) is 35.9 Å². The normalized spacial score (nSPS) is 18.0. The lowest BCUT2D eigenvalue weighted by molar-refractivity contribution is -0.0216. The number of nitrogens with one attached hydrogen (secondary N) is 2. The van der Waals surface area contributed by atoms with Gasteiger partial charge >= 0.3 is 0 Å². The van der Waals surface area contributed by atoms with Crippen LogP contribution < -0.4 is 9.44 Å². The minimum absolute atomic E-state index is 0.0587. The maximum Gasteiger partial charge on any atom is 0.277 e. The molecule has 1 atom stereocenters. The van der Waals surface area contributed by atoms with E-state index < -0.39 is 16.3 Å². The molecule has 0 amide bonds. The molecule has 0 bridgehead atoms. The Hall–Kier alpha value is -0.990. The van der Waals surface area contributed by atoms with E-state index in [4.69, 9.17) is 4.74 Å². The van der Waals surface area contributed by atoms with Crippen LogP contribution in [0.4, 0.5) is 0 Å². The van der Waals surface area contributed by atoms with Crippen molar-refractivity contribution in [2.75, 3.05) is 13.2 Å². The lowest BCUT2D eigenvalue weighted by atomic mass is 9.98.